The van der Waals surface area contributed by atoms with Gasteiger partial charge in [-0.3, -0.25) is 4.79 Å². The number of hydrogen-bond acceptors (Lipinski definition) is 1. The molecule has 0 radical (unpaired) electrons. The summed E-state index contributed by atoms with van der Waals surface area (Å²) in [5, 5.41) is 3.40. The van der Waals surface area contributed by atoms with E-state index in [1.54, 1.807) is 6.07 Å². The molecule has 1 aromatic rings. The Morgan fingerprint density at radius 3 is 3.06 bits per heavy atom. The van der Waals surface area contributed by atoms with Crippen LogP contribution in [0.3, 0.4) is 0 Å². The van der Waals surface area contributed by atoms with Gasteiger partial charge < -0.3 is 5.32 Å². The standard InChI is InChI=1S/C13H15ClFNO/c14-12-5-4-11(15)8-10(12)7-9-3-1-2-6-16-13(9)17/h4-5,8-9H,1-3,6-7H2,(H,16,17). The number of rotatable bonds is 2. The molecule has 92 valence electrons. The molecule has 1 heterocycles. The van der Waals surface area contributed by atoms with Crippen LogP contribution in [0.25, 0.3) is 0 Å². The Labute approximate surface area is 105 Å². The van der Waals surface area contributed by atoms with E-state index >= 15 is 0 Å². The highest BCUT2D eigenvalue weighted by molar-refractivity contribution is 6.31. The van der Waals surface area contributed by atoms with Crippen LogP contribution in [0.4, 0.5) is 4.39 Å². The topological polar surface area (TPSA) is 29.1 Å². The summed E-state index contributed by atoms with van der Waals surface area (Å²) in [7, 11) is 0. The fourth-order valence-corrected chi connectivity index (χ4v) is 2.36. The molecule has 0 aromatic heterocycles. The molecule has 1 unspecified atom stereocenters. The van der Waals surface area contributed by atoms with Gasteiger partial charge in [0.15, 0.2) is 0 Å². The van der Waals surface area contributed by atoms with Crippen LogP contribution in [0.15, 0.2) is 18.2 Å². The molecule has 0 bridgehead atoms. The SMILES string of the molecule is O=C1NCCCCC1Cc1cc(F)ccc1Cl. The highest BCUT2D eigenvalue weighted by Crippen LogP contribution is 2.24. The minimum Gasteiger partial charge on any atom is -0.356 e. The molecule has 17 heavy (non-hydrogen) atoms. The quantitative estimate of drug-likeness (QED) is 0.865. The van der Waals surface area contributed by atoms with Crippen molar-refractivity contribution in [2.45, 2.75) is 25.7 Å². The lowest BCUT2D eigenvalue weighted by Gasteiger charge is -2.14. The fourth-order valence-electron chi connectivity index (χ4n) is 2.16. The Morgan fingerprint density at radius 2 is 2.24 bits per heavy atom. The third-order valence-corrected chi connectivity index (χ3v) is 3.49. The van der Waals surface area contributed by atoms with Crippen molar-refractivity contribution in [3.05, 3.63) is 34.6 Å². The second-order valence-corrected chi connectivity index (χ2v) is 4.83. The third kappa shape index (κ3) is 3.19. The van der Waals surface area contributed by atoms with Crippen molar-refractivity contribution < 1.29 is 9.18 Å². The van der Waals surface area contributed by atoms with E-state index in [0.717, 1.165) is 25.8 Å². The second-order valence-electron chi connectivity index (χ2n) is 4.42. The maximum atomic E-state index is 13.1. The minimum absolute atomic E-state index is 0.0582. The van der Waals surface area contributed by atoms with Crippen molar-refractivity contribution in [3.8, 4) is 0 Å². The summed E-state index contributed by atoms with van der Waals surface area (Å²) in [6, 6.07) is 4.29. The molecule has 1 N–H and O–H groups in total. The number of benzene rings is 1. The molecule has 1 fully saturated rings. The molecular weight excluding hydrogens is 241 g/mol. The van der Waals surface area contributed by atoms with Gasteiger partial charge in [0, 0.05) is 17.5 Å². The number of carbonyl (C=O) groups is 1. The van der Waals surface area contributed by atoms with Gasteiger partial charge in [0.2, 0.25) is 5.91 Å². The molecular formula is C13H15ClFNO. The predicted molar refractivity (Wildman–Crippen MR) is 65.5 cm³/mol. The van der Waals surface area contributed by atoms with Crippen molar-refractivity contribution in [1.82, 2.24) is 5.32 Å². The Bertz CT molecular complexity index is 422. The number of halogens is 2. The monoisotopic (exact) mass is 255 g/mol. The van der Waals surface area contributed by atoms with E-state index in [2.05, 4.69) is 5.32 Å². The minimum atomic E-state index is -0.307. The summed E-state index contributed by atoms with van der Waals surface area (Å²) < 4.78 is 13.1. The van der Waals surface area contributed by atoms with Gasteiger partial charge in [-0.05, 0) is 43.0 Å². The highest BCUT2D eigenvalue weighted by atomic mass is 35.5. The van der Waals surface area contributed by atoms with E-state index in [1.807, 2.05) is 0 Å². The Kier molecular flexibility index (Phi) is 4.00. The van der Waals surface area contributed by atoms with Gasteiger partial charge in [-0.15, -0.1) is 0 Å². The van der Waals surface area contributed by atoms with E-state index in [9.17, 15) is 9.18 Å². The second kappa shape index (κ2) is 5.50. The van der Waals surface area contributed by atoms with E-state index in [1.165, 1.54) is 12.1 Å². The van der Waals surface area contributed by atoms with Gasteiger partial charge in [0.1, 0.15) is 5.82 Å². The van der Waals surface area contributed by atoms with Gasteiger partial charge >= 0.3 is 0 Å². The normalized spacial score (nSPS) is 20.8. The first-order valence-corrected chi connectivity index (χ1v) is 6.26. The van der Waals surface area contributed by atoms with Crippen LogP contribution in [0.1, 0.15) is 24.8 Å². The summed E-state index contributed by atoms with van der Waals surface area (Å²) in [4.78, 5) is 11.8. The zero-order valence-electron chi connectivity index (χ0n) is 9.51. The molecule has 0 aliphatic carbocycles. The van der Waals surface area contributed by atoms with E-state index in [-0.39, 0.29) is 17.6 Å². The van der Waals surface area contributed by atoms with Gasteiger partial charge in [-0.25, -0.2) is 4.39 Å². The van der Waals surface area contributed by atoms with Crippen molar-refractivity contribution in [2.24, 2.45) is 5.92 Å². The summed E-state index contributed by atoms with van der Waals surface area (Å²) >= 11 is 6.01. The van der Waals surface area contributed by atoms with E-state index in [0.29, 0.717) is 17.0 Å². The zero-order valence-corrected chi connectivity index (χ0v) is 10.3. The predicted octanol–water partition coefficient (Wildman–Crippen LogP) is 2.94. The molecule has 1 amide bonds. The Hall–Kier alpha value is -1.09. The summed E-state index contributed by atoms with van der Waals surface area (Å²) in [6.45, 7) is 0.742. The van der Waals surface area contributed by atoms with Crippen molar-refractivity contribution in [1.29, 1.82) is 0 Å². The molecule has 1 aromatic carbocycles. The van der Waals surface area contributed by atoms with Crippen molar-refractivity contribution >= 4 is 17.5 Å². The van der Waals surface area contributed by atoms with Crippen LogP contribution in [0, 0.1) is 11.7 Å². The molecule has 2 nitrogen and oxygen atoms in total. The van der Waals surface area contributed by atoms with E-state index < -0.39 is 0 Å². The summed E-state index contributed by atoms with van der Waals surface area (Å²) in [6.07, 6.45) is 3.40. The van der Waals surface area contributed by atoms with E-state index in [4.69, 9.17) is 11.6 Å². The van der Waals surface area contributed by atoms with Crippen molar-refractivity contribution in [2.75, 3.05) is 6.54 Å². The third-order valence-electron chi connectivity index (χ3n) is 3.12. The first-order chi connectivity index (χ1) is 8.16. The molecule has 4 heteroatoms. The lowest BCUT2D eigenvalue weighted by Crippen LogP contribution is -2.30. The molecule has 1 saturated heterocycles. The average molecular weight is 256 g/mol. The molecule has 1 atom stereocenters. The van der Waals surface area contributed by atoms with Crippen molar-refractivity contribution in [3.63, 3.8) is 0 Å². The molecule has 1 aliphatic rings. The van der Waals surface area contributed by atoms with Gasteiger partial charge in [0.05, 0.1) is 0 Å². The average Bonchev–Trinajstić information content (AvgIpc) is 2.50. The molecule has 2 rings (SSSR count). The van der Waals surface area contributed by atoms with Crippen LogP contribution >= 0.6 is 11.6 Å². The largest absolute Gasteiger partial charge is 0.356 e. The van der Waals surface area contributed by atoms with Crippen LogP contribution in [0.2, 0.25) is 5.02 Å². The summed E-state index contributed by atoms with van der Waals surface area (Å²) in [5.41, 5.74) is 0.716. The zero-order chi connectivity index (χ0) is 12.3. The van der Waals surface area contributed by atoms with Gasteiger partial charge in [-0.2, -0.15) is 0 Å². The Morgan fingerprint density at radius 1 is 1.41 bits per heavy atom. The lowest BCUT2D eigenvalue weighted by molar-refractivity contribution is -0.124. The number of hydrogen-bond donors (Lipinski definition) is 1. The summed E-state index contributed by atoms with van der Waals surface area (Å²) in [5.74, 6) is -0.335. The number of carbonyl (C=O) groups excluding carboxylic acids is 1. The lowest BCUT2D eigenvalue weighted by atomic mass is 9.94. The maximum absolute atomic E-state index is 13.1. The Balaban J connectivity index is 2.13. The highest BCUT2D eigenvalue weighted by Gasteiger charge is 2.21. The van der Waals surface area contributed by atoms with Crippen LogP contribution in [-0.2, 0) is 11.2 Å². The van der Waals surface area contributed by atoms with Crippen LogP contribution < -0.4 is 5.32 Å². The smallest absolute Gasteiger partial charge is 0.223 e. The fraction of sp³-hybridized carbons (Fsp3) is 0.462. The molecule has 0 spiro atoms. The van der Waals surface area contributed by atoms with Gasteiger partial charge in [-0.1, -0.05) is 18.0 Å². The first kappa shape index (κ1) is 12.4. The van der Waals surface area contributed by atoms with Crippen LogP contribution in [0.5, 0.6) is 0 Å². The van der Waals surface area contributed by atoms with Crippen LogP contribution in [-0.4, -0.2) is 12.5 Å². The maximum Gasteiger partial charge on any atom is 0.223 e. The van der Waals surface area contributed by atoms with Gasteiger partial charge in [0.25, 0.3) is 0 Å². The number of amides is 1. The molecule has 0 saturated carbocycles. The first-order valence-electron chi connectivity index (χ1n) is 5.88. The number of nitrogens with one attached hydrogen (secondary N) is 1. The molecule has 1 aliphatic heterocycles.